The minimum Gasteiger partial charge on any atom is -0.396 e. The van der Waals surface area contributed by atoms with Gasteiger partial charge in [0.1, 0.15) is 11.2 Å². The Morgan fingerprint density at radius 3 is 2.80 bits per heavy atom. The van der Waals surface area contributed by atoms with Crippen LogP contribution in [0.25, 0.3) is 0 Å². The van der Waals surface area contributed by atoms with E-state index in [0.29, 0.717) is 12.2 Å². The lowest BCUT2D eigenvalue weighted by Gasteiger charge is -2.11. The maximum Gasteiger partial charge on any atom is 0.240 e. The second kappa shape index (κ2) is 5.47. The minimum absolute atomic E-state index is 0.0950. The summed E-state index contributed by atoms with van der Waals surface area (Å²) in [5.41, 5.74) is 6.40. The molecule has 0 unspecified atom stereocenters. The van der Waals surface area contributed by atoms with Crippen molar-refractivity contribution in [1.82, 2.24) is 14.8 Å². The molecule has 1 aromatic carbocycles. The highest BCUT2D eigenvalue weighted by atomic mass is 32.2. The first-order valence-electron chi connectivity index (χ1n) is 5.95. The third kappa shape index (κ3) is 2.89. The molecule has 0 spiro atoms. The van der Waals surface area contributed by atoms with Crippen LogP contribution in [0, 0.1) is 0 Å². The number of aryl methyl sites for hydroxylation is 1. The van der Waals surface area contributed by atoms with Gasteiger partial charge in [-0.3, -0.25) is 0 Å². The number of rotatable bonds is 5. The van der Waals surface area contributed by atoms with Gasteiger partial charge in [0.2, 0.25) is 10.0 Å². The van der Waals surface area contributed by atoms with Crippen molar-refractivity contribution in [1.29, 1.82) is 0 Å². The summed E-state index contributed by atoms with van der Waals surface area (Å²) in [6.45, 7) is 3.10. The first kappa shape index (κ1) is 14.3. The van der Waals surface area contributed by atoms with Gasteiger partial charge < -0.3 is 15.6 Å². The lowest BCUT2D eigenvalue weighted by atomic mass is 10.2. The summed E-state index contributed by atoms with van der Waals surface area (Å²) in [4.78, 5) is -0.0977. The Bertz CT molecular complexity index is 709. The molecule has 1 heterocycles. The molecule has 20 heavy (non-hydrogen) atoms. The van der Waals surface area contributed by atoms with Crippen molar-refractivity contribution in [3.05, 3.63) is 30.4 Å². The summed E-state index contributed by atoms with van der Waals surface area (Å²) < 4.78 is 24.6. The van der Waals surface area contributed by atoms with Gasteiger partial charge in [0.05, 0.1) is 17.9 Å². The van der Waals surface area contributed by atoms with Crippen molar-refractivity contribution < 1.29 is 8.42 Å². The third-order valence-electron chi connectivity index (χ3n) is 2.85. The van der Waals surface area contributed by atoms with Crippen LogP contribution in [0.5, 0.6) is 0 Å². The van der Waals surface area contributed by atoms with Gasteiger partial charge in [-0.15, -0.1) is 10.2 Å². The number of nitrogens with one attached hydrogen (secondary N) is 1. The van der Waals surface area contributed by atoms with Crippen molar-refractivity contribution in [2.75, 3.05) is 11.1 Å². The molecular formula is C11H16N6O2S. The third-order valence-corrected chi connectivity index (χ3v) is 3.82. The molecule has 5 N–H and O–H groups in total. The maximum atomic E-state index is 11.4. The van der Waals surface area contributed by atoms with E-state index in [1.54, 1.807) is 18.5 Å². The molecule has 2 rings (SSSR count). The normalized spacial score (nSPS) is 11.5. The molecule has 2 aromatic rings. The Morgan fingerprint density at radius 1 is 1.40 bits per heavy atom. The van der Waals surface area contributed by atoms with Gasteiger partial charge in [-0.25, -0.2) is 13.6 Å². The number of hydrogen-bond acceptors (Lipinski definition) is 6. The van der Waals surface area contributed by atoms with E-state index in [9.17, 15) is 8.42 Å². The molecule has 0 atom stereocenters. The zero-order valence-corrected chi connectivity index (χ0v) is 11.8. The average Bonchev–Trinajstić information content (AvgIpc) is 2.83. The van der Waals surface area contributed by atoms with Crippen LogP contribution < -0.4 is 16.2 Å². The molecule has 9 heteroatoms. The van der Waals surface area contributed by atoms with Crippen LogP contribution in [0.4, 0.5) is 11.4 Å². The van der Waals surface area contributed by atoms with Gasteiger partial charge in [0.15, 0.2) is 5.82 Å². The summed E-state index contributed by atoms with van der Waals surface area (Å²) in [7, 11) is -3.84. The smallest absolute Gasteiger partial charge is 0.240 e. The molecule has 1 aromatic heterocycles. The van der Waals surface area contributed by atoms with Gasteiger partial charge in [0, 0.05) is 6.54 Å². The van der Waals surface area contributed by atoms with Gasteiger partial charge in [-0.05, 0) is 19.1 Å². The quantitative estimate of drug-likeness (QED) is 0.673. The topological polar surface area (TPSA) is 129 Å². The first-order chi connectivity index (χ1) is 9.43. The van der Waals surface area contributed by atoms with Crippen LogP contribution >= 0.6 is 0 Å². The van der Waals surface area contributed by atoms with Gasteiger partial charge in [-0.2, -0.15) is 0 Å². The van der Waals surface area contributed by atoms with E-state index in [-0.39, 0.29) is 10.6 Å². The number of benzene rings is 1. The Balaban J connectivity index is 2.23. The van der Waals surface area contributed by atoms with Crippen LogP contribution in [-0.4, -0.2) is 23.2 Å². The van der Waals surface area contributed by atoms with Crippen LogP contribution in [0.2, 0.25) is 0 Å². The largest absolute Gasteiger partial charge is 0.396 e. The zero-order chi connectivity index (χ0) is 14.8. The van der Waals surface area contributed by atoms with Crippen molar-refractivity contribution >= 4 is 21.4 Å². The van der Waals surface area contributed by atoms with Crippen molar-refractivity contribution in [3.63, 3.8) is 0 Å². The van der Waals surface area contributed by atoms with E-state index in [1.807, 2.05) is 11.5 Å². The second-order valence-electron chi connectivity index (χ2n) is 4.15. The number of sulfonamides is 1. The molecular weight excluding hydrogens is 280 g/mol. The molecule has 0 radical (unpaired) electrons. The second-order valence-corrected chi connectivity index (χ2v) is 5.68. The van der Waals surface area contributed by atoms with E-state index < -0.39 is 10.0 Å². The van der Waals surface area contributed by atoms with Gasteiger partial charge >= 0.3 is 0 Å². The zero-order valence-electron chi connectivity index (χ0n) is 10.9. The predicted molar refractivity (Wildman–Crippen MR) is 75.3 cm³/mol. The number of aromatic nitrogens is 3. The molecule has 0 aliphatic rings. The van der Waals surface area contributed by atoms with Crippen LogP contribution in [-0.2, 0) is 23.1 Å². The van der Waals surface area contributed by atoms with Crippen LogP contribution in [0.3, 0.4) is 0 Å². The van der Waals surface area contributed by atoms with Crippen molar-refractivity contribution in [3.8, 4) is 0 Å². The molecule has 0 aliphatic carbocycles. The minimum atomic E-state index is -3.84. The molecule has 0 aliphatic heterocycles. The van der Waals surface area contributed by atoms with Crippen LogP contribution in [0.15, 0.2) is 29.4 Å². The SMILES string of the molecule is CCn1cnnc1CNc1cccc(S(N)(=O)=O)c1N. The first-order valence-corrected chi connectivity index (χ1v) is 7.50. The summed E-state index contributed by atoms with van der Waals surface area (Å²) in [6, 6.07) is 4.62. The van der Waals surface area contributed by atoms with E-state index in [1.165, 1.54) is 6.07 Å². The fourth-order valence-corrected chi connectivity index (χ4v) is 2.49. The monoisotopic (exact) mass is 296 g/mol. The number of hydrogen-bond donors (Lipinski definition) is 3. The lowest BCUT2D eigenvalue weighted by molar-refractivity contribution is 0.598. The van der Waals surface area contributed by atoms with Crippen molar-refractivity contribution in [2.45, 2.75) is 24.9 Å². The Morgan fingerprint density at radius 2 is 2.15 bits per heavy atom. The Labute approximate surface area is 116 Å². The highest BCUT2D eigenvalue weighted by molar-refractivity contribution is 7.89. The fraction of sp³-hybridized carbons (Fsp3) is 0.273. The number of primary sulfonamides is 1. The molecule has 0 amide bonds. The molecule has 0 saturated carbocycles. The van der Waals surface area contributed by atoms with Crippen LogP contribution in [0.1, 0.15) is 12.7 Å². The van der Waals surface area contributed by atoms with Gasteiger partial charge in [-0.1, -0.05) is 6.07 Å². The summed E-state index contributed by atoms with van der Waals surface area (Å²) in [6.07, 6.45) is 1.63. The average molecular weight is 296 g/mol. The number of anilines is 2. The summed E-state index contributed by atoms with van der Waals surface area (Å²) in [5, 5.41) is 15.9. The fourth-order valence-electron chi connectivity index (χ4n) is 1.80. The summed E-state index contributed by atoms with van der Waals surface area (Å²) >= 11 is 0. The van der Waals surface area contributed by atoms with Crippen molar-refractivity contribution in [2.24, 2.45) is 5.14 Å². The highest BCUT2D eigenvalue weighted by Crippen LogP contribution is 2.25. The molecule has 0 fully saturated rings. The number of nitrogen functional groups attached to an aromatic ring is 1. The Hall–Kier alpha value is -2.13. The number of para-hydroxylation sites is 1. The molecule has 0 bridgehead atoms. The highest BCUT2D eigenvalue weighted by Gasteiger charge is 2.14. The standard InChI is InChI=1S/C11H16N6O2S/c1-2-17-7-15-16-10(17)6-14-8-4-3-5-9(11(8)12)20(13,18)19/h3-5,7,14H,2,6,12H2,1H3,(H2,13,18,19). The lowest BCUT2D eigenvalue weighted by Crippen LogP contribution is -2.16. The van der Waals surface area contributed by atoms with E-state index in [2.05, 4.69) is 15.5 Å². The van der Waals surface area contributed by atoms with E-state index in [4.69, 9.17) is 10.9 Å². The number of nitrogens with two attached hydrogens (primary N) is 2. The van der Waals surface area contributed by atoms with Gasteiger partial charge in [0.25, 0.3) is 0 Å². The molecule has 108 valence electrons. The van der Waals surface area contributed by atoms with E-state index in [0.717, 1.165) is 12.4 Å². The summed E-state index contributed by atoms with van der Waals surface area (Å²) in [5.74, 6) is 0.730. The maximum absolute atomic E-state index is 11.4. The Kier molecular flexibility index (Phi) is 3.91. The molecule has 8 nitrogen and oxygen atoms in total. The number of nitrogens with zero attached hydrogens (tertiary/aromatic N) is 3. The predicted octanol–water partition coefficient (Wildman–Crippen LogP) is 0.140. The van der Waals surface area contributed by atoms with E-state index >= 15 is 0 Å². The molecule has 0 saturated heterocycles.